The lowest BCUT2D eigenvalue weighted by Gasteiger charge is -2.16. The summed E-state index contributed by atoms with van der Waals surface area (Å²) < 4.78 is 0. The first kappa shape index (κ1) is 9.69. The molecule has 3 nitrogen and oxygen atoms in total. The first-order valence-electron chi connectivity index (χ1n) is 5.44. The van der Waals surface area contributed by atoms with Crippen molar-refractivity contribution < 1.29 is 9.59 Å². The van der Waals surface area contributed by atoms with Gasteiger partial charge in [0.2, 0.25) is 5.91 Å². The monoisotopic (exact) mass is 195 g/mol. The van der Waals surface area contributed by atoms with Crippen molar-refractivity contribution in [3.63, 3.8) is 0 Å². The van der Waals surface area contributed by atoms with E-state index in [9.17, 15) is 9.59 Å². The third-order valence-electron chi connectivity index (χ3n) is 3.48. The normalized spacial score (nSPS) is 30.5. The van der Waals surface area contributed by atoms with Crippen LogP contribution in [0.2, 0.25) is 0 Å². The number of carbonyl (C=O) groups excluding carboxylic acids is 2. The summed E-state index contributed by atoms with van der Waals surface area (Å²) in [5.41, 5.74) is 0. The minimum atomic E-state index is -0.0212. The van der Waals surface area contributed by atoms with E-state index in [2.05, 4.69) is 0 Å². The molecule has 1 heterocycles. The van der Waals surface area contributed by atoms with Crippen molar-refractivity contribution in [3.8, 4) is 0 Å². The van der Waals surface area contributed by atoms with Gasteiger partial charge in [-0.3, -0.25) is 9.59 Å². The molecule has 14 heavy (non-hydrogen) atoms. The van der Waals surface area contributed by atoms with E-state index in [0.29, 0.717) is 0 Å². The van der Waals surface area contributed by atoms with Gasteiger partial charge in [0.1, 0.15) is 5.78 Å². The van der Waals surface area contributed by atoms with E-state index >= 15 is 0 Å². The number of Topliss-reactive ketones (excluding diaryl/α,β-unsaturated/α-hetero) is 1. The van der Waals surface area contributed by atoms with Crippen molar-refractivity contribution in [2.24, 2.45) is 11.8 Å². The van der Waals surface area contributed by atoms with Crippen LogP contribution in [0.4, 0.5) is 0 Å². The fraction of sp³-hybridized carbons (Fsp3) is 0.818. The van der Waals surface area contributed by atoms with Gasteiger partial charge in [-0.25, -0.2) is 0 Å². The number of hydrogen-bond donors (Lipinski definition) is 0. The van der Waals surface area contributed by atoms with Gasteiger partial charge in [0.15, 0.2) is 0 Å². The highest BCUT2D eigenvalue weighted by atomic mass is 16.2. The molecule has 1 aliphatic carbocycles. The smallest absolute Gasteiger partial charge is 0.230 e. The Bertz CT molecular complexity index is 250. The molecule has 1 saturated heterocycles. The Balaban J connectivity index is 1.89. The third-order valence-corrected chi connectivity index (χ3v) is 3.48. The Morgan fingerprint density at radius 3 is 2.29 bits per heavy atom. The number of ketones is 1. The largest absolute Gasteiger partial charge is 0.342 e. The third kappa shape index (κ3) is 1.81. The van der Waals surface area contributed by atoms with E-state index in [-0.39, 0.29) is 18.1 Å². The van der Waals surface area contributed by atoms with Crippen LogP contribution < -0.4 is 0 Å². The number of hydrogen-bond acceptors (Lipinski definition) is 2. The molecule has 2 rings (SSSR count). The fourth-order valence-corrected chi connectivity index (χ4v) is 2.76. The van der Waals surface area contributed by atoms with Gasteiger partial charge < -0.3 is 4.90 Å². The minimum Gasteiger partial charge on any atom is -0.342 e. The zero-order valence-electron chi connectivity index (χ0n) is 8.66. The summed E-state index contributed by atoms with van der Waals surface area (Å²) >= 11 is 0. The summed E-state index contributed by atoms with van der Waals surface area (Å²) in [5.74, 6) is 1.47. The molecule has 0 aromatic carbocycles. The van der Waals surface area contributed by atoms with Crippen molar-refractivity contribution in [1.29, 1.82) is 0 Å². The lowest BCUT2D eigenvalue weighted by atomic mass is 10.0. The average molecular weight is 195 g/mol. The molecule has 2 aliphatic rings. The van der Waals surface area contributed by atoms with Crippen LogP contribution in [0.3, 0.4) is 0 Å². The summed E-state index contributed by atoms with van der Waals surface area (Å²) in [7, 11) is 0. The molecule has 0 bridgehead atoms. The quantitative estimate of drug-likeness (QED) is 0.621. The zero-order valence-corrected chi connectivity index (χ0v) is 8.66. The fourth-order valence-electron chi connectivity index (χ4n) is 2.76. The molecule has 3 heteroatoms. The second kappa shape index (κ2) is 3.71. The van der Waals surface area contributed by atoms with Crippen LogP contribution in [-0.2, 0) is 9.59 Å². The van der Waals surface area contributed by atoms with E-state index in [0.717, 1.165) is 24.9 Å². The van der Waals surface area contributed by atoms with Crippen LogP contribution in [0.15, 0.2) is 0 Å². The molecule has 0 spiro atoms. The molecule has 2 unspecified atom stereocenters. The number of carbonyl (C=O) groups is 2. The SMILES string of the molecule is CC(=O)CC(=O)N1CC2CCCC2C1. The molecular weight excluding hydrogens is 178 g/mol. The van der Waals surface area contributed by atoms with Gasteiger partial charge in [-0.05, 0) is 31.6 Å². The van der Waals surface area contributed by atoms with E-state index in [1.807, 2.05) is 4.90 Å². The molecule has 0 aromatic heterocycles. The van der Waals surface area contributed by atoms with Crippen molar-refractivity contribution >= 4 is 11.7 Å². The molecule has 2 fully saturated rings. The second-order valence-corrected chi connectivity index (χ2v) is 4.63. The number of amides is 1. The molecule has 2 atom stereocenters. The van der Waals surface area contributed by atoms with E-state index < -0.39 is 0 Å². The molecule has 1 aliphatic heterocycles. The van der Waals surface area contributed by atoms with Crippen molar-refractivity contribution in [1.82, 2.24) is 4.90 Å². The lowest BCUT2D eigenvalue weighted by Crippen LogP contribution is -2.30. The van der Waals surface area contributed by atoms with Gasteiger partial charge in [-0.2, -0.15) is 0 Å². The van der Waals surface area contributed by atoms with Crippen LogP contribution in [0.5, 0.6) is 0 Å². The van der Waals surface area contributed by atoms with Gasteiger partial charge >= 0.3 is 0 Å². The van der Waals surface area contributed by atoms with Gasteiger partial charge in [0.25, 0.3) is 0 Å². The predicted molar refractivity (Wildman–Crippen MR) is 52.7 cm³/mol. The zero-order chi connectivity index (χ0) is 10.1. The molecule has 0 aromatic rings. The van der Waals surface area contributed by atoms with Gasteiger partial charge in [-0.15, -0.1) is 0 Å². The summed E-state index contributed by atoms with van der Waals surface area (Å²) in [6, 6.07) is 0. The molecule has 0 N–H and O–H groups in total. The summed E-state index contributed by atoms with van der Waals surface area (Å²) in [6.07, 6.45) is 3.96. The Kier molecular flexibility index (Phi) is 2.57. The maximum absolute atomic E-state index is 11.6. The van der Waals surface area contributed by atoms with Crippen LogP contribution in [-0.4, -0.2) is 29.7 Å². The van der Waals surface area contributed by atoms with Gasteiger partial charge in [0.05, 0.1) is 6.42 Å². The number of likely N-dealkylation sites (tertiary alicyclic amines) is 1. The van der Waals surface area contributed by atoms with E-state index in [1.165, 1.54) is 26.2 Å². The standard InChI is InChI=1S/C11H17NO2/c1-8(13)5-11(14)12-6-9-3-2-4-10(9)7-12/h9-10H,2-7H2,1H3. The highest BCUT2D eigenvalue weighted by Crippen LogP contribution is 2.37. The first-order valence-corrected chi connectivity index (χ1v) is 5.44. The summed E-state index contributed by atoms with van der Waals surface area (Å²) in [6.45, 7) is 3.28. The first-order chi connectivity index (χ1) is 6.66. The number of nitrogens with zero attached hydrogens (tertiary/aromatic N) is 1. The topological polar surface area (TPSA) is 37.4 Å². The van der Waals surface area contributed by atoms with E-state index in [1.54, 1.807) is 0 Å². The molecule has 1 amide bonds. The van der Waals surface area contributed by atoms with Crippen molar-refractivity contribution in [2.45, 2.75) is 32.6 Å². The van der Waals surface area contributed by atoms with Crippen LogP contribution in [0.25, 0.3) is 0 Å². The maximum atomic E-state index is 11.6. The van der Waals surface area contributed by atoms with Crippen LogP contribution in [0, 0.1) is 11.8 Å². The number of rotatable bonds is 2. The molecule has 0 radical (unpaired) electrons. The van der Waals surface area contributed by atoms with Crippen LogP contribution in [0.1, 0.15) is 32.6 Å². The molecule has 78 valence electrons. The van der Waals surface area contributed by atoms with Crippen LogP contribution >= 0.6 is 0 Å². The van der Waals surface area contributed by atoms with Gasteiger partial charge in [-0.1, -0.05) is 6.42 Å². The highest BCUT2D eigenvalue weighted by molar-refractivity contribution is 5.96. The summed E-state index contributed by atoms with van der Waals surface area (Å²) in [4.78, 5) is 24.3. The highest BCUT2D eigenvalue weighted by Gasteiger charge is 2.37. The van der Waals surface area contributed by atoms with Crippen molar-refractivity contribution in [3.05, 3.63) is 0 Å². The van der Waals surface area contributed by atoms with Crippen molar-refractivity contribution in [2.75, 3.05) is 13.1 Å². The predicted octanol–water partition coefficient (Wildman–Crippen LogP) is 1.22. The Hall–Kier alpha value is -0.860. The Morgan fingerprint density at radius 2 is 1.79 bits per heavy atom. The average Bonchev–Trinajstić information content (AvgIpc) is 2.58. The minimum absolute atomic E-state index is 0.0212. The number of fused-ring (bicyclic) bond motifs is 1. The Morgan fingerprint density at radius 1 is 1.21 bits per heavy atom. The van der Waals surface area contributed by atoms with Gasteiger partial charge in [0, 0.05) is 13.1 Å². The van der Waals surface area contributed by atoms with E-state index in [4.69, 9.17) is 0 Å². The molecular formula is C11H17NO2. The summed E-state index contributed by atoms with van der Waals surface area (Å²) in [5, 5.41) is 0. The lowest BCUT2D eigenvalue weighted by molar-refractivity contribution is -0.134. The Labute approximate surface area is 84.5 Å². The maximum Gasteiger partial charge on any atom is 0.230 e. The second-order valence-electron chi connectivity index (χ2n) is 4.63. The molecule has 1 saturated carbocycles.